The molecule has 4 atom stereocenters. The van der Waals surface area contributed by atoms with E-state index < -0.39 is 12.2 Å². The number of hydrogen-bond donors (Lipinski definition) is 1. The number of nitrogens with one attached hydrogen (secondary N) is 1. The lowest BCUT2D eigenvalue weighted by molar-refractivity contribution is 0.00751. The van der Waals surface area contributed by atoms with Gasteiger partial charge in [0, 0.05) is 16.5 Å². The number of hydrogen-bond acceptors (Lipinski definition) is 9. The number of carbonyl (C=O) groups excluding carboxylic acids is 2. The van der Waals surface area contributed by atoms with Crippen LogP contribution in [0.2, 0.25) is 0 Å². The van der Waals surface area contributed by atoms with Gasteiger partial charge in [-0.15, -0.1) is 5.10 Å². The summed E-state index contributed by atoms with van der Waals surface area (Å²) in [6.07, 6.45) is 3.09. The van der Waals surface area contributed by atoms with E-state index in [1.54, 1.807) is 40.7 Å². The van der Waals surface area contributed by atoms with Crippen LogP contribution in [0.25, 0.3) is 0 Å². The summed E-state index contributed by atoms with van der Waals surface area (Å²) in [4.78, 5) is 23.8. The Morgan fingerprint density at radius 3 is 2.62 bits per heavy atom. The molecule has 0 radical (unpaired) electrons. The molecule has 1 aromatic heterocycles. The first-order valence-electron chi connectivity index (χ1n) is 10.8. The highest BCUT2D eigenvalue weighted by molar-refractivity contribution is 7.99. The van der Waals surface area contributed by atoms with Gasteiger partial charge in [-0.25, -0.2) is 9.48 Å². The number of thioether (sulfide) groups is 1. The van der Waals surface area contributed by atoms with Gasteiger partial charge in [-0.2, -0.15) is 0 Å². The third-order valence-corrected chi connectivity index (χ3v) is 7.41. The smallest absolute Gasteiger partial charge is 0.412 e. The first kappa shape index (κ1) is 21.4. The van der Waals surface area contributed by atoms with E-state index in [-0.39, 0.29) is 30.6 Å². The molecule has 1 aromatic carbocycles. The summed E-state index contributed by atoms with van der Waals surface area (Å²) in [5.74, 6) is -0.0337. The second-order valence-electron chi connectivity index (χ2n) is 8.30. The first-order valence-corrected chi connectivity index (χ1v) is 11.7. The third kappa shape index (κ3) is 4.37. The van der Waals surface area contributed by atoms with E-state index in [9.17, 15) is 9.59 Å². The highest BCUT2D eigenvalue weighted by Crippen LogP contribution is 2.39. The Hall–Kier alpha value is -2.50. The number of ketones is 1. The zero-order chi connectivity index (χ0) is 22.1. The van der Waals surface area contributed by atoms with Crippen LogP contribution in [0, 0.1) is 0 Å². The van der Waals surface area contributed by atoms with Gasteiger partial charge in [-0.3, -0.25) is 10.1 Å². The highest BCUT2D eigenvalue weighted by atomic mass is 32.2. The van der Waals surface area contributed by atoms with Gasteiger partial charge in [-0.05, 0) is 54.5 Å². The van der Waals surface area contributed by atoms with Crippen molar-refractivity contribution in [3.63, 3.8) is 0 Å². The number of tetrazole rings is 1. The summed E-state index contributed by atoms with van der Waals surface area (Å²) in [5.41, 5.74) is 1.12. The van der Waals surface area contributed by atoms with Gasteiger partial charge >= 0.3 is 6.09 Å². The van der Waals surface area contributed by atoms with Crippen LogP contribution >= 0.6 is 11.8 Å². The Bertz CT molecular complexity index is 977. The number of rotatable bonds is 6. The summed E-state index contributed by atoms with van der Waals surface area (Å²) < 4.78 is 19.3. The summed E-state index contributed by atoms with van der Waals surface area (Å²) >= 11 is 1.72. The van der Waals surface area contributed by atoms with Crippen LogP contribution in [-0.4, -0.2) is 68.9 Å². The lowest BCUT2D eigenvalue weighted by Gasteiger charge is -2.18. The number of fused-ring (bicyclic) bond motifs is 1. The van der Waals surface area contributed by atoms with Crippen LogP contribution in [0.1, 0.15) is 49.0 Å². The minimum absolute atomic E-state index is 0.0337. The number of ether oxygens (including phenoxy) is 3. The molecule has 0 unspecified atom stereocenters. The maximum absolute atomic E-state index is 12.4. The van der Waals surface area contributed by atoms with Gasteiger partial charge in [0.05, 0.1) is 13.2 Å². The number of Topliss-reactive ketones (excluding diaryl/α,β-unsaturated/α-hetero) is 1. The Balaban J connectivity index is 1.19. The number of aromatic nitrogens is 4. The van der Waals surface area contributed by atoms with Crippen molar-refractivity contribution in [3.8, 4) is 0 Å². The van der Waals surface area contributed by atoms with Crippen molar-refractivity contribution in [3.05, 3.63) is 29.8 Å². The molecule has 0 bridgehead atoms. The topological polar surface area (TPSA) is 117 Å². The molecule has 1 amide bonds. The summed E-state index contributed by atoms with van der Waals surface area (Å²) in [6, 6.07) is 6.48. The fraction of sp³-hybridized carbons (Fsp3) is 0.571. The van der Waals surface area contributed by atoms with E-state index in [4.69, 9.17) is 14.2 Å². The molecule has 2 saturated heterocycles. The van der Waals surface area contributed by atoms with Crippen molar-refractivity contribution in [1.82, 2.24) is 20.2 Å². The predicted molar refractivity (Wildman–Crippen MR) is 115 cm³/mol. The number of carbonyl (C=O) groups is 2. The molecule has 3 fully saturated rings. The number of nitrogens with zero attached hydrogens (tertiary/aromatic N) is 4. The minimum atomic E-state index is -0.596. The lowest BCUT2D eigenvalue weighted by Crippen LogP contribution is -2.35. The molecule has 11 heteroatoms. The molecule has 3 heterocycles. The van der Waals surface area contributed by atoms with E-state index in [0.717, 1.165) is 5.16 Å². The molecule has 1 aliphatic carbocycles. The molecule has 0 spiro atoms. The van der Waals surface area contributed by atoms with E-state index >= 15 is 0 Å². The molecule has 3 aliphatic rings. The van der Waals surface area contributed by atoms with Crippen molar-refractivity contribution in [1.29, 1.82) is 0 Å². The fourth-order valence-corrected chi connectivity index (χ4v) is 5.69. The number of anilines is 1. The summed E-state index contributed by atoms with van der Waals surface area (Å²) in [5, 5.41) is 16.3. The van der Waals surface area contributed by atoms with E-state index in [1.165, 1.54) is 32.6 Å². The minimum Gasteiger partial charge on any atom is -0.441 e. The molecule has 2 aromatic rings. The SMILES string of the molecule is CC(=O)c1ccc(NC(=O)O[C@@H]2CO[C@H]3[C@@H]2OC[C@@H]3n2nnnc2SC2CCCC2)cc1. The van der Waals surface area contributed by atoms with Gasteiger partial charge in [-0.1, -0.05) is 24.6 Å². The van der Waals surface area contributed by atoms with Crippen LogP contribution < -0.4 is 5.32 Å². The van der Waals surface area contributed by atoms with E-state index in [2.05, 4.69) is 20.8 Å². The molecule has 1 saturated carbocycles. The first-order chi connectivity index (χ1) is 15.6. The monoisotopic (exact) mass is 459 g/mol. The normalized spacial score (nSPS) is 27.4. The molecule has 5 rings (SSSR count). The van der Waals surface area contributed by atoms with Crippen LogP contribution in [0.5, 0.6) is 0 Å². The van der Waals surface area contributed by atoms with Gasteiger partial charge in [0.25, 0.3) is 0 Å². The molecule has 10 nitrogen and oxygen atoms in total. The van der Waals surface area contributed by atoms with E-state index in [1.807, 2.05) is 0 Å². The maximum atomic E-state index is 12.4. The molecule has 1 N–H and O–H groups in total. The largest absolute Gasteiger partial charge is 0.441 e. The van der Waals surface area contributed by atoms with Gasteiger partial charge < -0.3 is 14.2 Å². The Labute approximate surface area is 189 Å². The Morgan fingerprint density at radius 1 is 1.12 bits per heavy atom. The van der Waals surface area contributed by atoms with Crippen molar-refractivity contribution in [2.45, 2.75) is 67.4 Å². The highest BCUT2D eigenvalue weighted by Gasteiger charge is 2.51. The second kappa shape index (κ2) is 9.16. The molecular formula is C21H25N5O5S. The lowest BCUT2D eigenvalue weighted by atomic mass is 10.1. The average molecular weight is 460 g/mol. The molecule has 170 valence electrons. The molecular weight excluding hydrogens is 434 g/mol. The zero-order valence-electron chi connectivity index (χ0n) is 17.7. The molecule has 2 aliphatic heterocycles. The van der Waals surface area contributed by atoms with Crippen LogP contribution in [0.15, 0.2) is 29.4 Å². The third-order valence-electron chi connectivity index (χ3n) is 6.13. The predicted octanol–water partition coefficient (Wildman–Crippen LogP) is 2.87. The average Bonchev–Trinajstić information content (AvgIpc) is 3.56. The summed E-state index contributed by atoms with van der Waals surface area (Å²) in [6.45, 7) is 2.14. The summed E-state index contributed by atoms with van der Waals surface area (Å²) in [7, 11) is 0. The van der Waals surface area contributed by atoms with Crippen molar-refractivity contribution in [2.24, 2.45) is 0 Å². The molecule has 32 heavy (non-hydrogen) atoms. The zero-order valence-corrected chi connectivity index (χ0v) is 18.5. The maximum Gasteiger partial charge on any atom is 0.412 e. The van der Waals surface area contributed by atoms with Crippen LogP contribution in [0.4, 0.5) is 10.5 Å². The van der Waals surface area contributed by atoms with Crippen molar-refractivity contribution >= 4 is 29.3 Å². The Kier molecular flexibility index (Phi) is 6.11. The van der Waals surface area contributed by atoms with Gasteiger partial charge in [0.15, 0.2) is 11.9 Å². The van der Waals surface area contributed by atoms with Crippen molar-refractivity contribution < 1.29 is 23.8 Å². The Morgan fingerprint density at radius 2 is 1.88 bits per heavy atom. The fourth-order valence-electron chi connectivity index (χ4n) is 4.45. The van der Waals surface area contributed by atoms with Gasteiger partial charge in [0.2, 0.25) is 5.16 Å². The number of amides is 1. The van der Waals surface area contributed by atoms with Gasteiger partial charge in [0.1, 0.15) is 18.2 Å². The second-order valence-corrected chi connectivity index (χ2v) is 9.56. The van der Waals surface area contributed by atoms with E-state index in [0.29, 0.717) is 23.1 Å². The quantitative estimate of drug-likeness (QED) is 0.651. The van der Waals surface area contributed by atoms with Crippen LogP contribution in [-0.2, 0) is 14.2 Å². The standard InChI is InChI=1S/C21H25N5O5S/c1-12(27)13-6-8-14(9-7-13)22-21(28)31-17-11-30-18-16(10-29-19(17)18)26-20(23-24-25-26)32-15-4-2-3-5-15/h6-9,15-19H,2-5,10-11H2,1H3,(H,22,28)/t16-,17+,18+,19+/m0/s1. The van der Waals surface area contributed by atoms with Crippen LogP contribution in [0.3, 0.4) is 0 Å². The van der Waals surface area contributed by atoms with Crippen molar-refractivity contribution in [2.75, 3.05) is 18.5 Å². The number of benzene rings is 1.